The molecule has 1 aromatic heterocycles. The molecular formula is C22H21FN4O2. The van der Waals surface area contributed by atoms with Crippen LogP contribution in [0.3, 0.4) is 0 Å². The number of amides is 2. The first-order chi connectivity index (χ1) is 14.0. The molecule has 0 aliphatic rings. The summed E-state index contributed by atoms with van der Waals surface area (Å²) in [4.78, 5) is 24.0. The van der Waals surface area contributed by atoms with Crippen molar-refractivity contribution in [1.82, 2.24) is 15.1 Å². The van der Waals surface area contributed by atoms with Gasteiger partial charge in [0, 0.05) is 23.6 Å². The second-order valence-corrected chi connectivity index (χ2v) is 6.51. The summed E-state index contributed by atoms with van der Waals surface area (Å²) in [5.41, 5.74) is 2.63. The molecule has 29 heavy (non-hydrogen) atoms. The predicted molar refractivity (Wildman–Crippen MR) is 109 cm³/mol. The average Bonchev–Trinajstić information content (AvgIpc) is 3.22. The van der Waals surface area contributed by atoms with E-state index in [1.807, 2.05) is 0 Å². The zero-order valence-corrected chi connectivity index (χ0v) is 15.9. The van der Waals surface area contributed by atoms with Gasteiger partial charge in [-0.1, -0.05) is 18.7 Å². The van der Waals surface area contributed by atoms with Gasteiger partial charge in [0.1, 0.15) is 5.82 Å². The molecule has 0 fully saturated rings. The molecule has 0 spiro atoms. The second-order valence-electron chi connectivity index (χ2n) is 6.51. The molecule has 1 heterocycles. The topological polar surface area (TPSA) is 76.0 Å². The monoisotopic (exact) mass is 392 g/mol. The van der Waals surface area contributed by atoms with Crippen molar-refractivity contribution in [1.29, 1.82) is 0 Å². The molecule has 0 saturated heterocycles. The van der Waals surface area contributed by atoms with Crippen molar-refractivity contribution >= 4 is 17.5 Å². The van der Waals surface area contributed by atoms with E-state index in [1.54, 1.807) is 60.4 Å². The lowest BCUT2D eigenvalue weighted by Gasteiger charge is -2.18. The highest BCUT2D eigenvalue weighted by molar-refractivity contribution is 5.98. The van der Waals surface area contributed by atoms with E-state index in [1.165, 1.54) is 18.2 Å². The molecule has 0 aliphatic carbocycles. The Bertz CT molecular complexity index is 1030. The Morgan fingerprint density at radius 1 is 1.24 bits per heavy atom. The van der Waals surface area contributed by atoms with Crippen LogP contribution in [0.25, 0.3) is 5.69 Å². The van der Waals surface area contributed by atoms with Gasteiger partial charge in [0.2, 0.25) is 11.8 Å². The van der Waals surface area contributed by atoms with Crippen LogP contribution in [-0.4, -0.2) is 21.6 Å². The molecule has 0 aliphatic heterocycles. The van der Waals surface area contributed by atoms with Gasteiger partial charge in [-0.3, -0.25) is 9.59 Å². The lowest BCUT2D eigenvalue weighted by atomic mass is 10.0. The van der Waals surface area contributed by atoms with E-state index in [4.69, 9.17) is 0 Å². The minimum absolute atomic E-state index is 0.120. The zero-order chi connectivity index (χ0) is 20.8. The largest absolute Gasteiger partial charge is 0.349 e. The van der Waals surface area contributed by atoms with Crippen LogP contribution < -0.4 is 10.6 Å². The summed E-state index contributed by atoms with van der Waals surface area (Å²) in [6.45, 7) is 5.20. The number of rotatable bonds is 7. The summed E-state index contributed by atoms with van der Waals surface area (Å²) in [5, 5.41) is 9.74. The molecule has 0 radical (unpaired) electrons. The lowest BCUT2D eigenvalue weighted by Crippen LogP contribution is -2.29. The van der Waals surface area contributed by atoms with Gasteiger partial charge >= 0.3 is 0 Å². The van der Waals surface area contributed by atoms with Crippen LogP contribution >= 0.6 is 0 Å². The van der Waals surface area contributed by atoms with Gasteiger partial charge in [0.05, 0.1) is 18.2 Å². The molecular weight excluding hydrogens is 371 g/mol. The van der Waals surface area contributed by atoms with Crippen LogP contribution in [0.1, 0.15) is 24.1 Å². The highest BCUT2D eigenvalue weighted by Gasteiger charge is 2.16. The molecule has 0 bridgehead atoms. The summed E-state index contributed by atoms with van der Waals surface area (Å²) in [7, 11) is 0. The summed E-state index contributed by atoms with van der Waals surface area (Å²) in [6, 6.07) is 12.7. The number of halogens is 1. The van der Waals surface area contributed by atoms with Gasteiger partial charge in [0.25, 0.3) is 0 Å². The average molecular weight is 392 g/mol. The van der Waals surface area contributed by atoms with Crippen LogP contribution in [0.4, 0.5) is 10.1 Å². The van der Waals surface area contributed by atoms with Crippen molar-refractivity contribution in [3.8, 4) is 5.69 Å². The van der Waals surface area contributed by atoms with Gasteiger partial charge in [-0.25, -0.2) is 9.07 Å². The maximum Gasteiger partial charge on any atom is 0.247 e. The fourth-order valence-corrected chi connectivity index (χ4v) is 3.00. The number of aromatic nitrogens is 2. The molecule has 7 heteroatoms. The Labute approximate surface area is 168 Å². The number of benzene rings is 2. The van der Waals surface area contributed by atoms with E-state index in [9.17, 15) is 14.0 Å². The van der Waals surface area contributed by atoms with E-state index in [0.29, 0.717) is 16.9 Å². The third kappa shape index (κ3) is 5.16. The standard InChI is InChI=1S/C22H21FN4O2/c1-3-21(28)26-18-7-4-6-16(12-18)13-22(29)25-15(2)19-14-17(23)8-9-20(19)27-11-5-10-24-27/h3-12,14-15H,1,13H2,2H3,(H,25,29)(H,26,28). The van der Waals surface area contributed by atoms with Crippen LogP contribution in [-0.2, 0) is 16.0 Å². The van der Waals surface area contributed by atoms with E-state index < -0.39 is 6.04 Å². The third-order valence-corrected chi connectivity index (χ3v) is 4.33. The Kier molecular flexibility index (Phi) is 6.19. The Morgan fingerprint density at radius 2 is 2.07 bits per heavy atom. The highest BCUT2D eigenvalue weighted by atomic mass is 19.1. The number of anilines is 1. The van der Waals surface area contributed by atoms with Gasteiger partial charge in [0.15, 0.2) is 0 Å². The number of nitrogens with one attached hydrogen (secondary N) is 2. The SMILES string of the molecule is C=CC(=O)Nc1cccc(CC(=O)NC(C)c2cc(F)ccc2-n2cccn2)c1. The Balaban J connectivity index is 1.72. The first kappa shape index (κ1) is 20.0. The molecule has 0 saturated carbocycles. The maximum atomic E-state index is 13.8. The van der Waals surface area contributed by atoms with E-state index in [0.717, 1.165) is 5.56 Å². The van der Waals surface area contributed by atoms with Crippen molar-refractivity contribution < 1.29 is 14.0 Å². The molecule has 3 rings (SSSR count). The van der Waals surface area contributed by atoms with Crippen LogP contribution in [0.2, 0.25) is 0 Å². The van der Waals surface area contributed by atoms with Crippen LogP contribution in [0, 0.1) is 5.82 Å². The second kappa shape index (κ2) is 8.97. The smallest absolute Gasteiger partial charge is 0.247 e. The normalized spacial score (nSPS) is 11.5. The first-order valence-electron chi connectivity index (χ1n) is 9.07. The number of hydrogen-bond donors (Lipinski definition) is 2. The summed E-state index contributed by atoms with van der Waals surface area (Å²) in [6.07, 6.45) is 4.69. The summed E-state index contributed by atoms with van der Waals surface area (Å²) < 4.78 is 15.5. The van der Waals surface area contributed by atoms with Crippen LogP contribution in [0.15, 0.2) is 73.6 Å². The highest BCUT2D eigenvalue weighted by Crippen LogP contribution is 2.23. The number of carbonyl (C=O) groups excluding carboxylic acids is 2. The Hall–Kier alpha value is -3.74. The van der Waals surface area contributed by atoms with Crippen LogP contribution in [0.5, 0.6) is 0 Å². The van der Waals surface area contributed by atoms with Crippen molar-refractivity contribution in [2.75, 3.05) is 5.32 Å². The minimum Gasteiger partial charge on any atom is -0.349 e. The maximum absolute atomic E-state index is 13.8. The fourth-order valence-electron chi connectivity index (χ4n) is 3.00. The molecule has 148 valence electrons. The molecule has 2 amide bonds. The van der Waals surface area contributed by atoms with Crippen molar-refractivity contribution in [3.63, 3.8) is 0 Å². The zero-order valence-electron chi connectivity index (χ0n) is 15.9. The van der Waals surface area contributed by atoms with Gasteiger partial charge < -0.3 is 10.6 Å². The number of nitrogens with zero attached hydrogens (tertiary/aromatic N) is 2. The van der Waals surface area contributed by atoms with Crippen molar-refractivity contribution in [2.24, 2.45) is 0 Å². The fraction of sp³-hybridized carbons (Fsp3) is 0.136. The Morgan fingerprint density at radius 3 is 2.79 bits per heavy atom. The molecule has 3 aromatic rings. The summed E-state index contributed by atoms with van der Waals surface area (Å²) in [5.74, 6) is -0.930. The first-order valence-corrected chi connectivity index (χ1v) is 9.07. The molecule has 2 N–H and O–H groups in total. The van der Waals surface area contributed by atoms with E-state index in [2.05, 4.69) is 22.3 Å². The van der Waals surface area contributed by atoms with Crippen molar-refractivity contribution in [3.05, 3.63) is 90.5 Å². The predicted octanol–water partition coefficient (Wildman–Crippen LogP) is 3.56. The van der Waals surface area contributed by atoms with E-state index in [-0.39, 0.29) is 24.1 Å². The number of carbonyl (C=O) groups is 2. The third-order valence-electron chi connectivity index (χ3n) is 4.33. The molecule has 6 nitrogen and oxygen atoms in total. The van der Waals surface area contributed by atoms with Gasteiger partial charge in [-0.15, -0.1) is 0 Å². The molecule has 2 aromatic carbocycles. The molecule has 1 atom stereocenters. The summed E-state index contributed by atoms with van der Waals surface area (Å²) >= 11 is 0. The van der Waals surface area contributed by atoms with Crippen molar-refractivity contribution in [2.45, 2.75) is 19.4 Å². The van der Waals surface area contributed by atoms with E-state index >= 15 is 0 Å². The number of hydrogen-bond acceptors (Lipinski definition) is 3. The molecule has 1 unspecified atom stereocenters. The van der Waals surface area contributed by atoms with Gasteiger partial charge in [-0.05, 0) is 55.0 Å². The lowest BCUT2D eigenvalue weighted by molar-refractivity contribution is -0.121. The van der Waals surface area contributed by atoms with Gasteiger partial charge in [-0.2, -0.15) is 5.10 Å². The quantitative estimate of drug-likeness (QED) is 0.604. The minimum atomic E-state index is -0.430.